The molecular formula is C17H23N3O. The number of nitrogens with zero attached hydrogens (tertiary/aromatic N) is 2. The third-order valence-electron chi connectivity index (χ3n) is 4.40. The molecule has 2 unspecified atom stereocenters. The van der Waals surface area contributed by atoms with Crippen LogP contribution in [0.4, 0.5) is 5.82 Å². The molecule has 1 aliphatic rings. The van der Waals surface area contributed by atoms with Gasteiger partial charge in [-0.25, -0.2) is 4.98 Å². The molecule has 2 aromatic rings. The lowest BCUT2D eigenvalue weighted by atomic mass is 9.94. The smallest absolute Gasteiger partial charge is 0.134 e. The maximum absolute atomic E-state index is 5.34. The standard InChI is InChI=1S/C17H23N3O/c1-12-11-20(2)9-7-16(12)19-17-15-10-14(21-3)5-4-13(15)6-8-18-17/h4-6,8,10,12,16H,7,9,11H2,1-3H3,(H,18,19). The zero-order chi connectivity index (χ0) is 14.8. The van der Waals surface area contributed by atoms with Gasteiger partial charge < -0.3 is 15.0 Å². The molecule has 0 bridgehead atoms. The van der Waals surface area contributed by atoms with Crippen LogP contribution in [0.5, 0.6) is 5.75 Å². The fourth-order valence-corrected chi connectivity index (χ4v) is 3.13. The van der Waals surface area contributed by atoms with Crippen LogP contribution in [0.15, 0.2) is 30.5 Å². The van der Waals surface area contributed by atoms with Crippen LogP contribution in [0.1, 0.15) is 13.3 Å². The zero-order valence-electron chi connectivity index (χ0n) is 13.0. The number of pyridine rings is 1. The Kier molecular flexibility index (Phi) is 3.97. The molecule has 0 radical (unpaired) electrons. The molecule has 1 saturated heterocycles. The molecule has 112 valence electrons. The Morgan fingerprint density at radius 2 is 2.19 bits per heavy atom. The number of piperidine rings is 1. The number of ether oxygens (including phenoxy) is 1. The minimum Gasteiger partial charge on any atom is -0.497 e. The summed E-state index contributed by atoms with van der Waals surface area (Å²) >= 11 is 0. The number of nitrogens with one attached hydrogen (secondary N) is 1. The van der Waals surface area contributed by atoms with E-state index in [1.807, 2.05) is 18.3 Å². The Balaban J connectivity index is 1.89. The van der Waals surface area contributed by atoms with Crippen LogP contribution in [0.3, 0.4) is 0 Å². The highest BCUT2D eigenvalue weighted by Gasteiger charge is 2.24. The summed E-state index contributed by atoms with van der Waals surface area (Å²) in [7, 11) is 3.89. The van der Waals surface area contributed by atoms with Gasteiger partial charge in [0.1, 0.15) is 11.6 Å². The van der Waals surface area contributed by atoms with Crippen molar-refractivity contribution >= 4 is 16.6 Å². The quantitative estimate of drug-likeness (QED) is 0.940. The largest absolute Gasteiger partial charge is 0.497 e. The Labute approximate surface area is 126 Å². The predicted molar refractivity (Wildman–Crippen MR) is 87.0 cm³/mol. The predicted octanol–water partition coefficient (Wildman–Crippen LogP) is 3.00. The SMILES string of the molecule is COc1ccc2ccnc(NC3CCN(C)CC3C)c2c1. The maximum atomic E-state index is 5.34. The van der Waals surface area contributed by atoms with Gasteiger partial charge in [0.15, 0.2) is 0 Å². The van der Waals surface area contributed by atoms with Gasteiger partial charge in [-0.2, -0.15) is 0 Å². The number of hydrogen-bond donors (Lipinski definition) is 1. The summed E-state index contributed by atoms with van der Waals surface area (Å²) < 4.78 is 5.34. The third kappa shape index (κ3) is 2.95. The lowest BCUT2D eigenvalue weighted by molar-refractivity contribution is 0.206. The van der Waals surface area contributed by atoms with Gasteiger partial charge in [0.2, 0.25) is 0 Å². The van der Waals surface area contributed by atoms with E-state index in [1.54, 1.807) is 7.11 Å². The van der Waals surface area contributed by atoms with E-state index in [2.05, 4.69) is 41.3 Å². The van der Waals surface area contributed by atoms with Gasteiger partial charge in [0, 0.05) is 24.2 Å². The number of anilines is 1. The van der Waals surface area contributed by atoms with Crippen molar-refractivity contribution in [3.63, 3.8) is 0 Å². The van der Waals surface area contributed by atoms with Crippen molar-refractivity contribution in [2.45, 2.75) is 19.4 Å². The Bertz CT molecular complexity index is 628. The van der Waals surface area contributed by atoms with E-state index in [4.69, 9.17) is 4.74 Å². The number of rotatable bonds is 3. The van der Waals surface area contributed by atoms with Gasteiger partial charge in [0.05, 0.1) is 7.11 Å². The molecule has 4 heteroatoms. The monoisotopic (exact) mass is 285 g/mol. The van der Waals surface area contributed by atoms with E-state index in [0.29, 0.717) is 12.0 Å². The molecule has 1 fully saturated rings. The van der Waals surface area contributed by atoms with Crippen LogP contribution >= 0.6 is 0 Å². The molecule has 1 aromatic heterocycles. The van der Waals surface area contributed by atoms with Gasteiger partial charge in [0.25, 0.3) is 0 Å². The van der Waals surface area contributed by atoms with Gasteiger partial charge in [-0.3, -0.25) is 0 Å². The molecule has 4 nitrogen and oxygen atoms in total. The van der Waals surface area contributed by atoms with Crippen LogP contribution in [0, 0.1) is 5.92 Å². The van der Waals surface area contributed by atoms with Crippen LogP contribution < -0.4 is 10.1 Å². The van der Waals surface area contributed by atoms with Crippen LogP contribution in [-0.4, -0.2) is 43.2 Å². The van der Waals surface area contributed by atoms with Crippen molar-refractivity contribution in [1.82, 2.24) is 9.88 Å². The molecule has 1 aromatic carbocycles. The number of benzene rings is 1. The summed E-state index contributed by atoms with van der Waals surface area (Å²) in [6, 6.07) is 8.65. The van der Waals surface area contributed by atoms with E-state index >= 15 is 0 Å². The van der Waals surface area contributed by atoms with Crippen LogP contribution in [-0.2, 0) is 0 Å². The molecule has 2 heterocycles. The minimum absolute atomic E-state index is 0.477. The second kappa shape index (κ2) is 5.90. The molecule has 21 heavy (non-hydrogen) atoms. The molecule has 0 amide bonds. The first kappa shape index (κ1) is 14.1. The maximum Gasteiger partial charge on any atom is 0.134 e. The van der Waals surface area contributed by atoms with Crippen molar-refractivity contribution in [2.75, 3.05) is 32.6 Å². The van der Waals surface area contributed by atoms with E-state index in [-0.39, 0.29) is 0 Å². The highest BCUT2D eigenvalue weighted by molar-refractivity contribution is 5.92. The fraction of sp³-hybridized carbons (Fsp3) is 0.471. The zero-order valence-corrected chi connectivity index (χ0v) is 13.0. The Hall–Kier alpha value is -1.81. The minimum atomic E-state index is 0.477. The molecule has 0 spiro atoms. The fourth-order valence-electron chi connectivity index (χ4n) is 3.13. The normalized spacial score (nSPS) is 23.2. The molecule has 1 N–H and O–H groups in total. The van der Waals surface area contributed by atoms with Gasteiger partial charge in [-0.15, -0.1) is 0 Å². The first-order valence-corrected chi connectivity index (χ1v) is 7.55. The van der Waals surface area contributed by atoms with Crippen LogP contribution in [0.25, 0.3) is 10.8 Å². The second-order valence-electron chi connectivity index (χ2n) is 6.03. The lowest BCUT2D eigenvalue weighted by Crippen LogP contribution is -2.43. The molecule has 0 aliphatic carbocycles. The highest BCUT2D eigenvalue weighted by Crippen LogP contribution is 2.28. The third-order valence-corrected chi connectivity index (χ3v) is 4.40. The summed E-state index contributed by atoms with van der Waals surface area (Å²) in [6.45, 7) is 4.57. The van der Waals surface area contributed by atoms with Crippen molar-refractivity contribution in [2.24, 2.45) is 5.92 Å². The second-order valence-corrected chi connectivity index (χ2v) is 6.03. The van der Waals surface area contributed by atoms with Gasteiger partial charge in [-0.05, 0) is 49.5 Å². The first-order chi connectivity index (χ1) is 10.2. The number of likely N-dealkylation sites (tertiary alicyclic amines) is 1. The molecule has 0 saturated carbocycles. The van der Waals surface area contributed by atoms with E-state index in [0.717, 1.165) is 36.5 Å². The van der Waals surface area contributed by atoms with Crippen LogP contribution in [0.2, 0.25) is 0 Å². The summed E-state index contributed by atoms with van der Waals surface area (Å²) in [6.07, 6.45) is 3.02. The summed E-state index contributed by atoms with van der Waals surface area (Å²) in [5, 5.41) is 5.97. The Morgan fingerprint density at radius 1 is 1.33 bits per heavy atom. The van der Waals surface area contributed by atoms with Crippen molar-refractivity contribution in [3.05, 3.63) is 30.5 Å². The highest BCUT2D eigenvalue weighted by atomic mass is 16.5. The van der Waals surface area contributed by atoms with Crippen molar-refractivity contribution in [1.29, 1.82) is 0 Å². The summed E-state index contributed by atoms with van der Waals surface area (Å²) in [4.78, 5) is 6.94. The average molecular weight is 285 g/mol. The number of hydrogen-bond acceptors (Lipinski definition) is 4. The van der Waals surface area contributed by atoms with E-state index in [9.17, 15) is 0 Å². The number of aromatic nitrogens is 1. The molecule has 1 aliphatic heterocycles. The van der Waals surface area contributed by atoms with Gasteiger partial charge >= 0.3 is 0 Å². The lowest BCUT2D eigenvalue weighted by Gasteiger charge is -2.35. The van der Waals surface area contributed by atoms with Gasteiger partial charge in [-0.1, -0.05) is 13.0 Å². The average Bonchev–Trinajstić information content (AvgIpc) is 2.50. The summed E-state index contributed by atoms with van der Waals surface area (Å²) in [5.41, 5.74) is 0. The topological polar surface area (TPSA) is 37.4 Å². The molecular weight excluding hydrogens is 262 g/mol. The number of fused-ring (bicyclic) bond motifs is 1. The van der Waals surface area contributed by atoms with E-state index in [1.165, 1.54) is 5.39 Å². The van der Waals surface area contributed by atoms with Crippen molar-refractivity contribution < 1.29 is 4.74 Å². The summed E-state index contributed by atoms with van der Waals surface area (Å²) in [5.74, 6) is 2.45. The number of methoxy groups -OCH3 is 1. The molecule has 3 rings (SSSR count). The van der Waals surface area contributed by atoms with E-state index < -0.39 is 0 Å². The van der Waals surface area contributed by atoms with Crippen molar-refractivity contribution in [3.8, 4) is 5.75 Å². The first-order valence-electron chi connectivity index (χ1n) is 7.55. The molecule has 2 atom stereocenters. The Morgan fingerprint density at radius 3 is 2.95 bits per heavy atom.